The Morgan fingerprint density at radius 1 is 1.29 bits per heavy atom. The lowest BCUT2D eigenvalue weighted by Crippen LogP contribution is -2.14. The van der Waals surface area contributed by atoms with E-state index >= 15 is 0 Å². The van der Waals surface area contributed by atoms with Gasteiger partial charge in [-0.1, -0.05) is 0 Å². The van der Waals surface area contributed by atoms with E-state index in [4.69, 9.17) is 4.74 Å². The average Bonchev–Trinajstić information content (AvgIpc) is 3.11. The number of ether oxygens (including phenoxy) is 1. The molecule has 2 aliphatic heterocycles. The molecule has 21 heavy (non-hydrogen) atoms. The van der Waals surface area contributed by atoms with Gasteiger partial charge in [0.05, 0.1) is 24.5 Å². The summed E-state index contributed by atoms with van der Waals surface area (Å²) >= 11 is 0. The third kappa shape index (κ3) is 2.31. The number of nitrogens with one attached hydrogen (secondary N) is 1. The van der Waals surface area contributed by atoms with Crippen molar-refractivity contribution in [3.05, 3.63) is 40.8 Å². The van der Waals surface area contributed by atoms with Crippen LogP contribution in [0, 0.1) is 0 Å². The second-order valence-electron chi connectivity index (χ2n) is 5.48. The number of anilines is 1. The van der Waals surface area contributed by atoms with Crippen LogP contribution < -0.4 is 5.32 Å². The number of hydrogen-bond acceptors (Lipinski definition) is 4. The summed E-state index contributed by atoms with van der Waals surface area (Å²) in [6.07, 6.45) is 4.96. The first-order valence-electron chi connectivity index (χ1n) is 7.23. The van der Waals surface area contributed by atoms with Crippen molar-refractivity contribution in [2.24, 2.45) is 0 Å². The van der Waals surface area contributed by atoms with Crippen LogP contribution in [0.4, 0.5) is 5.82 Å². The quantitative estimate of drug-likeness (QED) is 0.914. The number of nitrogens with zero attached hydrogens (tertiary/aromatic N) is 3. The molecule has 108 valence electrons. The van der Waals surface area contributed by atoms with E-state index < -0.39 is 0 Å². The SMILES string of the molecule is O=C(Nc1cc2n(n1)CCCC2)c1cnc2c(c1)COC2. The monoisotopic (exact) mass is 284 g/mol. The van der Waals surface area contributed by atoms with Gasteiger partial charge >= 0.3 is 0 Å². The fraction of sp³-hybridized carbons (Fsp3) is 0.400. The largest absolute Gasteiger partial charge is 0.370 e. The number of aryl methyl sites for hydroxylation is 2. The van der Waals surface area contributed by atoms with Gasteiger partial charge in [-0.3, -0.25) is 14.5 Å². The first kappa shape index (κ1) is 12.5. The molecule has 6 heteroatoms. The molecule has 4 rings (SSSR count). The summed E-state index contributed by atoms with van der Waals surface area (Å²) in [5.41, 5.74) is 3.65. The summed E-state index contributed by atoms with van der Waals surface area (Å²) in [6, 6.07) is 3.81. The number of hydrogen-bond donors (Lipinski definition) is 1. The van der Waals surface area contributed by atoms with Crippen LogP contribution in [0.2, 0.25) is 0 Å². The van der Waals surface area contributed by atoms with Gasteiger partial charge in [0.25, 0.3) is 5.91 Å². The average molecular weight is 284 g/mol. The zero-order valence-corrected chi connectivity index (χ0v) is 11.6. The molecule has 0 saturated carbocycles. The van der Waals surface area contributed by atoms with Gasteiger partial charge in [0.1, 0.15) is 0 Å². The highest BCUT2D eigenvalue weighted by Crippen LogP contribution is 2.20. The van der Waals surface area contributed by atoms with Crippen molar-refractivity contribution in [2.45, 2.75) is 39.0 Å². The lowest BCUT2D eigenvalue weighted by atomic mass is 10.1. The summed E-state index contributed by atoms with van der Waals surface area (Å²) in [5.74, 6) is 0.446. The lowest BCUT2D eigenvalue weighted by Gasteiger charge is -2.11. The van der Waals surface area contributed by atoms with Crippen LogP contribution >= 0.6 is 0 Å². The van der Waals surface area contributed by atoms with Crippen molar-refractivity contribution in [3.8, 4) is 0 Å². The topological polar surface area (TPSA) is 69.0 Å². The molecule has 0 saturated heterocycles. The summed E-state index contributed by atoms with van der Waals surface area (Å²) in [7, 11) is 0. The molecule has 0 bridgehead atoms. The zero-order chi connectivity index (χ0) is 14.2. The van der Waals surface area contributed by atoms with E-state index in [1.807, 2.05) is 16.8 Å². The van der Waals surface area contributed by atoms with Crippen LogP contribution in [0.25, 0.3) is 0 Å². The maximum absolute atomic E-state index is 12.3. The number of fused-ring (bicyclic) bond motifs is 2. The van der Waals surface area contributed by atoms with E-state index in [1.165, 1.54) is 12.1 Å². The highest BCUT2D eigenvalue weighted by Gasteiger charge is 2.17. The Morgan fingerprint density at radius 2 is 2.24 bits per heavy atom. The van der Waals surface area contributed by atoms with E-state index in [0.29, 0.717) is 24.6 Å². The molecule has 1 amide bonds. The van der Waals surface area contributed by atoms with E-state index in [9.17, 15) is 4.79 Å². The molecular weight excluding hydrogens is 268 g/mol. The number of amides is 1. The molecule has 4 heterocycles. The van der Waals surface area contributed by atoms with Crippen LogP contribution in [-0.4, -0.2) is 20.7 Å². The Bertz CT molecular complexity index is 684. The van der Waals surface area contributed by atoms with Crippen molar-refractivity contribution in [1.29, 1.82) is 0 Å². The minimum Gasteiger partial charge on any atom is -0.370 e. The predicted octanol–water partition coefficient (Wildman–Crippen LogP) is 1.90. The highest BCUT2D eigenvalue weighted by atomic mass is 16.5. The van der Waals surface area contributed by atoms with E-state index in [2.05, 4.69) is 15.4 Å². The Hall–Kier alpha value is -2.21. The molecule has 0 aromatic carbocycles. The summed E-state index contributed by atoms with van der Waals surface area (Å²) in [4.78, 5) is 16.6. The van der Waals surface area contributed by atoms with Crippen LogP contribution in [0.3, 0.4) is 0 Å². The first-order valence-corrected chi connectivity index (χ1v) is 7.23. The number of carbonyl (C=O) groups is 1. The summed E-state index contributed by atoms with van der Waals surface area (Å²) in [5, 5.41) is 7.28. The molecular formula is C15H16N4O2. The second kappa shape index (κ2) is 4.96. The molecule has 6 nitrogen and oxygen atoms in total. The molecule has 0 fully saturated rings. The van der Waals surface area contributed by atoms with E-state index in [1.54, 1.807) is 6.20 Å². The van der Waals surface area contributed by atoms with Crippen LogP contribution in [0.5, 0.6) is 0 Å². The third-order valence-electron chi connectivity index (χ3n) is 3.98. The van der Waals surface area contributed by atoms with E-state index in [0.717, 1.165) is 30.6 Å². The van der Waals surface area contributed by atoms with Crippen molar-refractivity contribution >= 4 is 11.7 Å². The Kier molecular flexibility index (Phi) is 2.96. The molecule has 2 aromatic heterocycles. The molecule has 2 aliphatic rings. The fourth-order valence-electron chi connectivity index (χ4n) is 2.84. The molecule has 0 radical (unpaired) electrons. The van der Waals surface area contributed by atoms with Crippen molar-refractivity contribution < 1.29 is 9.53 Å². The van der Waals surface area contributed by atoms with Gasteiger partial charge in [-0.15, -0.1) is 0 Å². The van der Waals surface area contributed by atoms with Crippen LogP contribution in [0.1, 0.15) is 40.2 Å². The van der Waals surface area contributed by atoms with Gasteiger partial charge in [0.15, 0.2) is 5.82 Å². The number of rotatable bonds is 2. The number of aromatic nitrogens is 3. The highest BCUT2D eigenvalue weighted by molar-refractivity contribution is 6.03. The summed E-state index contributed by atoms with van der Waals surface area (Å²) < 4.78 is 7.29. The third-order valence-corrected chi connectivity index (χ3v) is 3.98. The molecule has 0 atom stereocenters. The van der Waals surface area contributed by atoms with Gasteiger partial charge in [-0.2, -0.15) is 5.10 Å². The molecule has 2 aromatic rings. The molecule has 0 spiro atoms. The van der Waals surface area contributed by atoms with Crippen molar-refractivity contribution in [2.75, 3.05) is 5.32 Å². The minimum atomic E-state index is -0.173. The minimum absolute atomic E-state index is 0.173. The predicted molar refractivity (Wildman–Crippen MR) is 75.8 cm³/mol. The maximum atomic E-state index is 12.3. The van der Waals surface area contributed by atoms with Gasteiger partial charge in [-0.25, -0.2) is 0 Å². The fourth-order valence-corrected chi connectivity index (χ4v) is 2.84. The van der Waals surface area contributed by atoms with Gasteiger partial charge in [0.2, 0.25) is 0 Å². The first-order chi connectivity index (χ1) is 10.3. The van der Waals surface area contributed by atoms with Crippen molar-refractivity contribution in [1.82, 2.24) is 14.8 Å². The zero-order valence-electron chi connectivity index (χ0n) is 11.6. The van der Waals surface area contributed by atoms with Gasteiger partial charge in [-0.05, 0) is 25.3 Å². The lowest BCUT2D eigenvalue weighted by molar-refractivity contribution is 0.102. The standard InChI is InChI=1S/C15H16N4O2/c20-15(10-5-11-8-21-9-13(11)16-7-10)17-14-6-12-3-1-2-4-19(12)18-14/h5-7H,1-4,8-9H2,(H,17,18,20). The smallest absolute Gasteiger partial charge is 0.258 e. The van der Waals surface area contributed by atoms with Gasteiger partial charge in [0, 0.05) is 30.1 Å². The molecule has 0 aliphatic carbocycles. The molecule has 1 N–H and O–H groups in total. The number of carbonyl (C=O) groups excluding carboxylic acids is 1. The maximum Gasteiger partial charge on any atom is 0.258 e. The Morgan fingerprint density at radius 3 is 3.14 bits per heavy atom. The Labute approximate surface area is 122 Å². The van der Waals surface area contributed by atoms with Gasteiger partial charge < -0.3 is 10.1 Å². The van der Waals surface area contributed by atoms with Crippen molar-refractivity contribution in [3.63, 3.8) is 0 Å². The second-order valence-corrected chi connectivity index (χ2v) is 5.48. The van der Waals surface area contributed by atoms with Crippen LogP contribution in [0.15, 0.2) is 18.3 Å². The molecule has 0 unspecified atom stereocenters. The Balaban J connectivity index is 1.54. The van der Waals surface area contributed by atoms with Crippen LogP contribution in [-0.2, 0) is 30.9 Å². The normalized spacial score (nSPS) is 16.4. The number of pyridine rings is 1. The van der Waals surface area contributed by atoms with E-state index in [-0.39, 0.29) is 5.91 Å². The summed E-state index contributed by atoms with van der Waals surface area (Å²) in [6.45, 7) is 2.00.